The number of benzene rings is 3. The molecule has 222 valence electrons. The molecule has 1 aliphatic carbocycles. The fourth-order valence-corrected chi connectivity index (χ4v) is 5.02. The summed E-state index contributed by atoms with van der Waals surface area (Å²) >= 11 is 18.9. The number of carbonyl (C=O) groups excluding carboxylic acids is 1. The number of rotatable bonds is 11. The molecule has 1 fully saturated rings. The second-order valence-corrected chi connectivity index (χ2v) is 11.0. The van der Waals surface area contributed by atoms with E-state index < -0.39 is 31.0 Å². The van der Waals surface area contributed by atoms with E-state index in [0.29, 0.717) is 44.8 Å². The monoisotopic (exact) mass is 641 g/mol. The molecule has 4 aromatic rings. The normalized spacial score (nSPS) is 13.9. The average Bonchev–Trinajstić information content (AvgIpc) is 3.76. The van der Waals surface area contributed by atoms with Gasteiger partial charge in [0, 0.05) is 25.3 Å². The third-order valence-corrected chi connectivity index (χ3v) is 7.78. The summed E-state index contributed by atoms with van der Waals surface area (Å²) in [6.45, 7) is -0.633. The van der Waals surface area contributed by atoms with E-state index in [-0.39, 0.29) is 27.9 Å². The molecule has 42 heavy (non-hydrogen) atoms. The molecule has 0 bridgehead atoms. The van der Waals surface area contributed by atoms with Crippen molar-refractivity contribution in [3.05, 3.63) is 74.5 Å². The number of halogens is 6. The van der Waals surface area contributed by atoms with Gasteiger partial charge in [-0.2, -0.15) is 0 Å². The highest BCUT2D eigenvalue weighted by atomic mass is 35.5. The van der Waals surface area contributed by atoms with E-state index in [1.807, 2.05) is 0 Å². The third kappa shape index (κ3) is 6.71. The zero-order valence-corrected chi connectivity index (χ0v) is 24.3. The number of hydrogen-bond acceptors (Lipinski definition) is 6. The smallest absolute Gasteiger partial charge is 0.272 e. The van der Waals surface area contributed by atoms with Crippen molar-refractivity contribution in [1.82, 2.24) is 14.9 Å². The van der Waals surface area contributed by atoms with Gasteiger partial charge in [0.05, 0.1) is 37.4 Å². The summed E-state index contributed by atoms with van der Waals surface area (Å²) in [6, 6.07) is 9.85. The number of carbonyl (C=O) groups is 1. The van der Waals surface area contributed by atoms with E-state index in [9.17, 15) is 23.1 Å². The first-order chi connectivity index (χ1) is 20.0. The predicted octanol–water partition coefficient (Wildman–Crippen LogP) is 7.13. The number of aromatic nitrogens is 2. The molecule has 0 aliphatic heterocycles. The van der Waals surface area contributed by atoms with Crippen molar-refractivity contribution >= 4 is 69.1 Å². The lowest BCUT2D eigenvalue weighted by atomic mass is 10.1. The zero-order valence-electron chi connectivity index (χ0n) is 22.0. The molecule has 1 aromatic heterocycles. The number of aliphatic hydroxyl groups excluding tert-OH is 1. The molecule has 0 saturated heterocycles. The first kappa shape index (κ1) is 30.2. The fourth-order valence-electron chi connectivity index (χ4n) is 4.30. The lowest BCUT2D eigenvalue weighted by Crippen LogP contribution is -2.30. The molecule has 1 amide bonds. The van der Waals surface area contributed by atoms with Crippen LogP contribution in [-0.4, -0.2) is 39.8 Å². The number of anilines is 3. The Bertz CT molecular complexity index is 1650. The van der Waals surface area contributed by atoms with Gasteiger partial charge in [-0.15, -0.1) is 0 Å². The molecule has 1 atom stereocenters. The van der Waals surface area contributed by atoms with E-state index in [4.69, 9.17) is 39.5 Å². The highest BCUT2D eigenvalue weighted by molar-refractivity contribution is 6.39. The summed E-state index contributed by atoms with van der Waals surface area (Å²) in [7, 11) is 1.67. The quantitative estimate of drug-likeness (QED) is 0.130. The van der Waals surface area contributed by atoms with Crippen molar-refractivity contribution in [3.63, 3.8) is 0 Å². The van der Waals surface area contributed by atoms with Gasteiger partial charge < -0.3 is 25.0 Å². The van der Waals surface area contributed by atoms with Crippen molar-refractivity contribution in [3.8, 4) is 5.75 Å². The van der Waals surface area contributed by atoms with E-state index in [1.54, 1.807) is 23.7 Å². The van der Waals surface area contributed by atoms with Gasteiger partial charge in [-0.1, -0.05) is 40.9 Å². The first-order valence-corrected chi connectivity index (χ1v) is 14.0. The third-order valence-electron chi connectivity index (χ3n) is 6.75. The number of nitrogens with zero attached hydrogens (tertiary/aromatic N) is 2. The molecule has 1 saturated carbocycles. The molecule has 14 heteroatoms. The summed E-state index contributed by atoms with van der Waals surface area (Å²) in [5, 5.41) is 19.3. The van der Waals surface area contributed by atoms with Crippen LogP contribution in [0.5, 0.6) is 5.75 Å². The Morgan fingerprint density at radius 1 is 1.14 bits per heavy atom. The Morgan fingerprint density at radius 2 is 1.90 bits per heavy atom. The average molecular weight is 643 g/mol. The minimum absolute atomic E-state index is 0.0772. The molecule has 0 radical (unpaired) electrons. The Labute approximate surface area is 253 Å². The molecule has 4 N–H and O–H groups in total. The molecule has 5 rings (SSSR count). The van der Waals surface area contributed by atoms with Gasteiger partial charge in [-0.25, -0.2) is 18.2 Å². The molecule has 1 aliphatic rings. The van der Waals surface area contributed by atoms with Gasteiger partial charge in [-0.3, -0.25) is 10.1 Å². The van der Waals surface area contributed by atoms with Crippen LogP contribution in [-0.2, 0) is 13.6 Å². The predicted molar refractivity (Wildman–Crippen MR) is 157 cm³/mol. The molecule has 8 nitrogen and oxygen atoms in total. The van der Waals surface area contributed by atoms with Crippen LogP contribution in [0.25, 0.3) is 11.0 Å². The summed E-state index contributed by atoms with van der Waals surface area (Å²) in [5.41, 5.74) is 1.98. The van der Waals surface area contributed by atoms with Gasteiger partial charge in [0.15, 0.2) is 0 Å². The molecular weight excluding hydrogens is 618 g/mol. The van der Waals surface area contributed by atoms with Crippen molar-refractivity contribution < 1.29 is 27.8 Å². The molecular formula is C28H25Cl3F3N5O3. The molecule has 1 heterocycles. The van der Waals surface area contributed by atoms with Gasteiger partial charge >= 0.3 is 0 Å². The zero-order chi connectivity index (χ0) is 30.1. The van der Waals surface area contributed by atoms with Crippen LogP contribution in [0.15, 0.2) is 42.5 Å². The van der Waals surface area contributed by atoms with Crippen LogP contribution in [0.4, 0.5) is 30.5 Å². The van der Waals surface area contributed by atoms with E-state index in [2.05, 4.69) is 20.9 Å². The van der Waals surface area contributed by atoms with E-state index in [0.717, 1.165) is 18.9 Å². The van der Waals surface area contributed by atoms with Crippen molar-refractivity contribution in [2.24, 2.45) is 13.0 Å². The number of amides is 1. The number of fused-ring (bicyclic) bond motifs is 1. The summed E-state index contributed by atoms with van der Waals surface area (Å²) in [4.78, 5) is 17.7. The van der Waals surface area contributed by atoms with Crippen LogP contribution in [0, 0.1) is 11.7 Å². The van der Waals surface area contributed by atoms with Crippen molar-refractivity contribution in [2.45, 2.75) is 32.0 Å². The molecule has 0 spiro atoms. The lowest BCUT2D eigenvalue weighted by Gasteiger charge is -2.16. The fraction of sp³-hybridized carbons (Fsp3) is 0.286. The Hall–Kier alpha value is -3.22. The van der Waals surface area contributed by atoms with Crippen LogP contribution in [0.3, 0.4) is 0 Å². The Balaban J connectivity index is 1.46. The van der Waals surface area contributed by atoms with Gasteiger partial charge in [0.1, 0.15) is 24.4 Å². The number of hydrogen-bond donors (Lipinski definition) is 4. The summed E-state index contributed by atoms with van der Waals surface area (Å²) in [5.74, 6) is -0.947. The van der Waals surface area contributed by atoms with Crippen LogP contribution in [0.2, 0.25) is 15.1 Å². The lowest BCUT2D eigenvalue weighted by molar-refractivity contribution is 0.0804. The maximum atomic E-state index is 13.6. The molecule has 3 aromatic carbocycles. The van der Waals surface area contributed by atoms with E-state index >= 15 is 0 Å². The number of aliphatic hydroxyl groups is 1. The van der Waals surface area contributed by atoms with Gasteiger partial charge in [0.2, 0.25) is 5.95 Å². The highest BCUT2D eigenvalue weighted by Crippen LogP contribution is 2.37. The summed E-state index contributed by atoms with van der Waals surface area (Å²) in [6.07, 6.45) is -1.46. The van der Waals surface area contributed by atoms with Crippen LogP contribution >= 0.6 is 34.8 Å². The highest BCUT2D eigenvalue weighted by Gasteiger charge is 2.29. The number of aryl methyl sites for hydroxylation is 1. The van der Waals surface area contributed by atoms with Crippen LogP contribution in [0.1, 0.15) is 28.8 Å². The van der Waals surface area contributed by atoms with Gasteiger partial charge in [-0.05, 0) is 54.7 Å². The minimum atomic E-state index is -2.78. The van der Waals surface area contributed by atoms with Crippen LogP contribution < -0.4 is 20.7 Å². The Kier molecular flexibility index (Phi) is 9.05. The standard InChI is InChI=1S/C28H25Cl3F3N5O3/c1-39-21-10-22(42-12-23(33)34)16(27(41)36-15-5-7-19(32)18(30)8-15)9-20(21)37-28(39)38-25-17(29)6-4-14(24(25)31)11-35-26(40)13-2-3-13/h4-10,13,23,26,35,40H,2-3,11-12H2,1H3,(H,36,41)(H,37,38). The topological polar surface area (TPSA) is 100 Å². The second kappa shape index (κ2) is 12.6. The largest absolute Gasteiger partial charge is 0.487 e. The first-order valence-electron chi connectivity index (χ1n) is 12.8. The number of imidazole rings is 1. The number of alkyl halides is 2. The SMILES string of the molecule is Cn1c(Nc2c(Cl)ccc(CNC(O)C3CC3)c2Cl)nc2cc(C(=O)Nc3ccc(F)c(Cl)c3)c(OCC(F)F)cc21. The number of ether oxygens (including phenoxy) is 1. The maximum absolute atomic E-state index is 13.6. The van der Waals surface area contributed by atoms with Gasteiger partial charge in [0.25, 0.3) is 12.3 Å². The van der Waals surface area contributed by atoms with Crippen molar-refractivity contribution in [1.29, 1.82) is 0 Å². The number of nitrogens with one attached hydrogen (secondary N) is 3. The minimum Gasteiger partial charge on any atom is -0.487 e. The molecule has 1 unspecified atom stereocenters. The second-order valence-electron chi connectivity index (χ2n) is 9.80. The van der Waals surface area contributed by atoms with Crippen molar-refractivity contribution in [2.75, 3.05) is 17.2 Å². The maximum Gasteiger partial charge on any atom is 0.272 e. The summed E-state index contributed by atoms with van der Waals surface area (Å²) < 4.78 is 46.5. The van der Waals surface area contributed by atoms with E-state index in [1.165, 1.54) is 24.3 Å². The Morgan fingerprint density at radius 3 is 2.60 bits per heavy atom.